The van der Waals surface area contributed by atoms with Gasteiger partial charge in [0.25, 0.3) is 0 Å². The fourth-order valence-electron chi connectivity index (χ4n) is 2.34. The number of nitrogens with zero attached hydrogens (tertiary/aromatic N) is 1. The molecule has 1 saturated heterocycles. The van der Waals surface area contributed by atoms with E-state index in [1.807, 2.05) is 0 Å². The number of ether oxygens (including phenoxy) is 1. The Labute approximate surface area is 95.0 Å². The molecule has 1 unspecified atom stereocenters. The lowest BCUT2D eigenvalue weighted by atomic mass is 10.1. The van der Waals surface area contributed by atoms with Gasteiger partial charge in [0.05, 0.1) is 5.60 Å². The first-order valence-corrected chi connectivity index (χ1v) is 6.41. The first-order valence-electron chi connectivity index (χ1n) is 6.41. The first kappa shape index (κ1) is 13.0. The Bertz CT molecular complexity index is 174. The van der Waals surface area contributed by atoms with Gasteiger partial charge in [-0.2, -0.15) is 0 Å². The normalized spacial score (nSPS) is 23.6. The number of hydrogen-bond donors (Lipinski definition) is 0. The van der Waals surface area contributed by atoms with Crippen LogP contribution in [0.25, 0.3) is 0 Å². The summed E-state index contributed by atoms with van der Waals surface area (Å²) in [7, 11) is 0. The molecule has 90 valence electrons. The number of hydrogen-bond acceptors (Lipinski definition) is 2. The summed E-state index contributed by atoms with van der Waals surface area (Å²) in [6.45, 7) is 12.1. The maximum atomic E-state index is 5.74. The van der Waals surface area contributed by atoms with Gasteiger partial charge in [-0.05, 0) is 59.5 Å². The molecule has 0 saturated carbocycles. The van der Waals surface area contributed by atoms with Gasteiger partial charge < -0.3 is 9.64 Å². The second-order valence-electron chi connectivity index (χ2n) is 5.53. The standard InChI is InChI=1S/C13H27NO/c1-5-14-10-6-8-12(14)9-7-11-15-13(2,3)4/h12H,5-11H2,1-4H3. The summed E-state index contributed by atoms with van der Waals surface area (Å²) in [6.07, 6.45) is 5.30. The van der Waals surface area contributed by atoms with Crippen LogP contribution in [0, 0.1) is 0 Å². The van der Waals surface area contributed by atoms with Gasteiger partial charge in [-0.15, -0.1) is 0 Å². The molecule has 0 amide bonds. The summed E-state index contributed by atoms with van der Waals surface area (Å²) in [6, 6.07) is 0.832. The highest BCUT2D eigenvalue weighted by atomic mass is 16.5. The molecule has 0 aliphatic carbocycles. The van der Waals surface area contributed by atoms with Crippen molar-refractivity contribution in [2.45, 2.75) is 65.0 Å². The van der Waals surface area contributed by atoms with Gasteiger partial charge in [0.2, 0.25) is 0 Å². The van der Waals surface area contributed by atoms with E-state index in [0.29, 0.717) is 0 Å². The molecule has 0 aromatic heterocycles. The van der Waals surface area contributed by atoms with Crippen LogP contribution in [0.3, 0.4) is 0 Å². The maximum Gasteiger partial charge on any atom is 0.0598 e. The van der Waals surface area contributed by atoms with E-state index in [9.17, 15) is 0 Å². The summed E-state index contributed by atoms with van der Waals surface area (Å²) in [5, 5.41) is 0. The van der Waals surface area contributed by atoms with Crippen LogP contribution in [-0.2, 0) is 4.74 Å². The molecule has 0 spiro atoms. The topological polar surface area (TPSA) is 12.5 Å². The molecule has 2 heteroatoms. The van der Waals surface area contributed by atoms with Crippen molar-refractivity contribution in [3.8, 4) is 0 Å². The Balaban J connectivity index is 2.09. The Morgan fingerprint density at radius 3 is 2.67 bits per heavy atom. The lowest BCUT2D eigenvalue weighted by molar-refractivity contribution is -0.00638. The second-order valence-corrected chi connectivity index (χ2v) is 5.53. The zero-order chi connectivity index (χ0) is 11.3. The van der Waals surface area contributed by atoms with Crippen LogP contribution in [0.1, 0.15) is 53.4 Å². The van der Waals surface area contributed by atoms with Gasteiger partial charge >= 0.3 is 0 Å². The smallest absolute Gasteiger partial charge is 0.0598 e. The zero-order valence-electron chi connectivity index (χ0n) is 10.9. The fourth-order valence-corrected chi connectivity index (χ4v) is 2.34. The van der Waals surface area contributed by atoms with Crippen LogP contribution in [0.15, 0.2) is 0 Å². The first-order chi connectivity index (χ1) is 7.03. The lowest BCUT2D eigenvalue weighted by Crippen LogP contribution is -2.29. The molecule has 1 aliphatic rings. The summed E-state index contributed by atoms with van der Waals surface area (Å²) in [4.78, 5) is 2.61. The van der Waals surface area contributed by atoms with E-state index < -0.39 is 0 Å². The minimum Gasteiger partial charge on any atom is -0.376 e. The van der Waals surface area contributed by atoms with E-state index in [2.05, 4.69) is 32.6 Å². The monoisotopic (exact) mass is 213 g/mol. The molecule has 0 N–H and O–H groups in total. The Morgan fingerprint density at radius 2 is 2.07 bits per heavy atom. The van der Waals surface area contributed by atoms with Crippen LogP contribution in [0.4, 0.5) is 0 Å². The predicted molar refractivity (Wildman–Crippen MR) is 65.2 cm³/mol. The Hall–Kier alpha value is -0.0800. The van der Waals surface area contributed by atoms with E-state index in [4.69, 9.17) is 4.74 Å². The fraction of sp³-hybridized carbons (Fsp3) is 1.00. The van der Waals surface area contributed by atoms with E-state index in [1.54, 1.807) is 0 Å². The molecule has 1 aliphatic heterocycles. The highest BCUT2D eigenvalue weighted by molar-refractivity contribution is 4.77. The van der Waals surface area contributed by atoms with Crippen molar-refractivity contribution in [2.24, 2.45) is 0 Å². The van der Waals surface area contributed by atoms with Crippen LogP contribution >= 0.6 is 0 Å². The summed E-state index contributed by atoms with van der Waals surface area (Å²) < 4.78 is 5.74. The van der Waals surface area contributed by atoms with E-state index in [0.717, 1.165) is 12.6 Å². The molecule has 1 rings (SSSR count). The van der Waals surface area contributed by atoms with Crippen molar-refractivity contribution < 1.29 is 4.74 Å². The highest BCUT2D eigenvalue weighted by Gasteiger charge is 2.22. The van der Waals surface area contributed by atoms with Crippen molar-refractivity contribution >= 4 is 0 Å². The van der Waals surface area contributed by atoms with Crippen LogP contribution in [0.5, 0.6) is 0 Å². The SMILES string of the molecule is CCN1CCCC1CCCOC(C)(C)C. The molecule has 15 heavy (non-hydrogen) atoms. The largest absolute Gasteiger partial charge is 0.376 e. The van der Waals surface area contributed by atoms with Gasteiger partial charge in [-0.25, -0.2) is 0 Å². The molecule has 0 bridgehead atoms. The molecule has 0 aromatic carbocycles. The summed E-state index contributed by atoms with van der Waals surface area (Å²) >= 11 is 0. The van der Waals surface area contributed by atoms with E-state index in [-0.39, 0.29) is 5.60 Å². The van der Waals surface area contributed by atoms with Crippen molar-refractivity contribution in [3.63, 3.8) is 0 Å². The third-order valence-corrected chi connectivity index (χ3v) is 3.12. The zero-order valence-corrected chi connectivity index (χ0v) is 10.9. The molecule has 0 aromatic rings. The van der Waals surface area contributed by atoms with Gasteiger partial charge in [0, 0.05) is 12.6 Å². The maximum absolute atomic E-state index is 5.74. The second kappa shape index (κ2) is 5.86. The average molecular weight is 213 g/mol. The summed E-state index contributed by atoms with van der Waals surface area (Å²) in [5.74, 6) is 0. The minimum absolute atomic E-state index is 0.0279. The summed E-state index contributed by atoms with van der Waals surface area (Å²) in [5.41, 5.74) is 0.0279. The molecule has 1 heterocycles. The third-order valence-electron chi connectivity index (χ3n) is 3.12. The van der Waals surface area contributed by atoms with Crippen LogP contribution < -0.4 is 0 Å². The quantitative estimate of drug-likeness (QED) is 0.651. The molecule has 0 radical (unpaired) electrons. The van der Waals surface area contributed by atoms with Gasteiger partial charge in [-0.1, -0.05) is 6.92 Å². The molecular formula is C13H27NO. The Morgan fingerprint density at radius 1 is 1.33 bits per heavy atom. The predicted octanol–water partition coefficient (Wildman–Crippen LogP) is 3.07. The van der Waals surface area contributed by atoms with Crippen molar-refractivity contribution in [1.29, 1.82) is 0 Å². The molecular weight excluding hydrogens is 186 g/mol. The molecule has 1 atom stereocenters. The van der Waals surface area contributed by atoms with E-state index in [1.165, 1.54) is 38.8 Å². The lowest BCUT2D eigenvalue weighted by Gasteiger charge is -2.24. The van der Waals surface area contributed by atoms with Crippen molar-refractivity contribution in [3.05, 3.63) is 0 Å². The Kier molecular flexibility index (Phi) is 5.07. The van der Waals surface area contributed by atoms with Crippen molar-refractivity contribution in [1.82, 2.24) is 4.90 Å². The van der Waals surface area contributed by atoms with Crippen molar-refractivity contribution in [2.75, 3.05) is 19.7 Å². The highest BCUT2D eigenvalue weighted by Crippen LogP contribution is 2.21. The van der Waals surface area contributed by atoms with Gasteiger partial charge in [0.1, 0.15) is 0 Å². The number of likely N-dealkylation sites (tertiary alicyclic amines) is 1. The number of rotatable bonds is 5. The van der Waals surface area contributed by atoms with E-state index >= 15 is 0 Å². The minimum atomic E-state index is 0.0279. The van der Waals surface area contributed by atoms with Gasteiger partial charge in [-0.3, -0.25) is 0 Å². The molecule has 1 fully saturated rings. The average Bonchev–Trinajstić information content (AvgIpc) is 2.58. The third kappa shape index (κ3) is 4.98. The van der Waals surface area contributed by atoms with Crippen LogP contribution in [0.2, 0.25) is 0 Å². The molecule has 2 nitrogen and oxygen atoms in total. The van der Waals surface area contributed by atoms with Gasteiger partial charge in [0.15, 0.2) is 0 Å². The van der Waals surface area contributed by atoms with Crippen LogP contribution in [-0.4, -0.2) is 36.2 Å².